The summed E-state index contributed by atoms with van der Waals surface area (Å²) in [5.41, 5.74) is 3.13. The first-order valence-corrected chi connectivity index (χ1v) is 8.52. The predicted molar refractivity (Wildman–Crippen MR) is 94.7 cm³/mol. The molecule has 2 heterocycles. The quantitative estimate of drug-likeness (QED) is 0.922. The van der Waals surface area contributed by atoms with Gasteiger partial charge in [-0.05, 0) is 77.9 Å². The Balaban J connectivity index is 1.70. The van der Waals surface area contributed by atoms with Crippen molar-refractivity contribution in [2.45, 2.75) is 39.7 Å². The van der Waals surface area contributed by atoms with E-state index in [4.69, 9.17) is 4.42 Å². The van der Waals surface area contributed by atoms with Crippen LogP contribution in [0, 0.1) is 19.8 Å². The number of nitrogens with one attached hydrogen (secondary N) is 1. The minimum Gasteiger partial charge on any atom is -0.441 e. The lowest BCUT2D eigenvalue weighted by molar-refractivity contribution is 0.208. The van der Waals surface area contributed by atoms with Crippen molar-refractivity contribution in [3.05, 3.63) is 35.7 Å². The minimum atomic E-state index is 0.479. The number of rotatable bonds is 4. The van der Waals surface area contributed by atoms with E-state index in [1.807, 2.05) is 13.8 Å². The molecule has 0 saturated carbocycles. The molecule has 1 saturated heterocycles. The lowest BCUT2D eigenvalue weighted by Crippen LogP contribution is -2.37. The van der Waals surface area contributed by atoms with E-state index in [1.165, 1.54) is 25.9 Å². The first-order valence-electron chi connectivity index (χ1n) is 8.52. The second-order valence-electron chi connectivity index (χ2n) is 6.82. The molecular weight excluding hydrogens is 286 g/mol. The second-order valence-corrected chi connectivity index (χ2v) is 6.82. The van der Waals surface area contributed by atoms with Gasteiger partial charge in [-0.1, -0.05) is 6.07 Å². The van der Waals surface area contributed by atoms with E-state index >= 15 is 0 Å². The van der Waals surface area contributed by atoms with E-state index in [2.05, 4.69) is 53.4 Å². The van der Waals surface area contributed by atoms with E-state index in [9.17, 15) is 0 Å². The average Bonchev–Trinajstić information content (AvgIpc) is 2.88. The lowest BCUT2D eigenvalue weighted by Gasteiger charge is -2.33. The number of hydrogen-bond donors (Lipinski definition) is 1. The van der Waals surface area contributed by atoms with E-state index in [1.54, 1.807) is 0 Å². The van der Waals surface area contributed by atoms with Crippen LogP contribution in [0.25, 0.3) is 11.5 Å². The number of hydrogen-bond acceptors (Lipinski definition) is 4. The standard InChI is InChI=1S/C19H27N3O/c1-13-15(3)23-19(21-13)17-6-5-7-18(12-17)20-14(2)16-8-10-22(4)11-9-16/h5-7,12,14,16,20H,8-11H2,1-4H3/t14-/m1/s1. The Morgan fingerprint density at radius 3 is 2.65 bits per heavy atom. The molecule has 0 radical (unpaired) electrons. The van der Waals surface area contributed by atoms with Crippen molar-refractivity contribution < 1.29 is 4.42 Å². The molecule has 1 aromatic heterocycles. The van der Waals surface area contributed by atoms with Gasteiger partial charge in [0.1, 0.15) is 5.76 Å². The Hall–Kier alpha value is -1.81. The molecular formula is C19H27N3O. The molecule has 1 atom stereocenters. The number of aromatic nitrogens is 1. The van der Waals surface area contributed by atoms with Crippen LogP contribution in [0.5, 0.6) is 0 Å². The summed E-state index contributed by atoms with van der Waals surface area (Å²) in [4.78, 5) is 6.91. The molecule has 1 aliphatic heterocycles. The first-order chi connectivity index (χ1) is 11.0. The van der Waals surface area contributed by atoms with Crippen LogP contribution in [0.4, 0.5) is 5.69 Å². The topological polar surface area (TPSA) is 41.3 Å². The van der Waals surface area contributed by atoms with Gasteiger partial charge in [-0.3, -0.25) is 0 Å². The maximum Gasteiger partial charge on any atom is 0.226 e. The molecule has 0 bridgehead atoms. The third kappa shape index (κ3) is 3.75. The number of nitrogens with zero attached hydrogens (tertiary/aromatic N) is 2. The molecule has 1 aliphatic rings. The van der Waals surface area contributed by atoms with Gasteiger partial charge in [0.05, 0.1) is 5.69 Å². The van der Waals surface area contributed by atoms with Gasteiger partial charge in [0.15, 0.2) is 0 Å². The molecule has 4 heteroatoms. The molecule has 0 aliphatic carbocycles. The summed E-state index contributed by atoms with van der Waals surface area (Å²) in [5.74, 6) is 2.33. The van der Waals surface area contributed by atoms with Crippen LogP contribution in [-0.4, -0.2) is 36.1 Å². The van der Waals surface area contributed by atoms with E-state index in [0.29, 0.717) is 11.9 Å². The molecule has 23 heavy (non-hydrogen) atoms. The first kappa shape index (κ1) is 16.1. The molecule has 1 aromatic carbocycles. The fourth-order valence-electron chi connectivity index (χ4n) is 3.25. The zero-order chi connectivity index (χ0) is 16.4. The fraction of sp³-hybridized carbons (Fsp3) is 0.526. The molecule has 3 rings (SSSR count). The Labute approximate surface area is 138 Å². The highest BCUT2D eigenvalue weighted by Gasteiger charge is 2.22. The van der Waals surface area contributed by atoms with Crippen LogP contribution in [0.15, 0.2) is 28.7 Å². The van der Waals surface area contributed by atoms with Crippen molar-refractivity contribution >= 4 is 5.69 Å². The van der Waals surface area contributed by atoms with Gasteiger partial charge in [-0.15, -0.1) is 0 Å². The van der Waals surface area contributed by atoms with E-state index in [0.717, 1.165) is 28.6 Å². The van der Waals surface area contributed by atoms with Crippen molar-refractivity contribution in [2.24, 2.45) is 5.92 Å². The maximum atomic E-state index is 5.74. The predicted octanol–water partition coefficient (Wildman–Crippen LogP) is 4.10. The Morgan fingerprint density at radius 2 is 2.00 bits per heavy atom. The largest absolute Gasteiger partial charge is 0.441 e. The summed E-state index contributed by atoms with van der Waals surface area (Å²) in [6.07, 6.45) is 2.53. The van der Waals surface area contributed by atoms with Gasteiger partial charge in [-0.2, -0.15) is 0 Å². The van der Waals surface area contributed by atoms with Gasteiger partial charge in [0.25, 0.3) is 0 Å². The van der Waals surface area contributed by atoms with Gasteiger partial charge in [0.2, 0.25) is 5.89 Å². The third-order valence-electron chi connectivity index (χ3n) is 5.00. The highest BCUT2D eigenvalue weighted by molar-refractivity contribution is 5.61. The summed E-state index contributed by atoms with van der Waals surface area (Å²) < 4.78 is 5.74. The smallest absolute Gasteiger partial charge is 0.226 e. The minimum absolute atomic E-state index is 0.479. The van der Waals surface area contributed by atoms with E-state index < -0.39 is 0 Å². The summed E-state index contributed by atoms with van der Waals surface area (Å²) >= 11 is 0. The SMILES string of the molecule is Cc1nc(-c2cccc(N[C@H](C)C3CCN(C)CC3)c2)oc1C. The van der Waals surface area contributed by atoms with Crippen LogP contribution < -0.4 is 5.32 Å². The molecule has 124 valence electrons. The molecule has 1 fully saturated rings. The lowest BCUT2D eigenvalue weighted by atomic mass is 9.90. The summed E-state index contributed by atoms with van der Waals surface area (Å²) in [6.45, 7) is 8.63. The van der Waals surface area contributed by atoms with Crippen molar-refractivity contribution in [3.8, 4) is 11.5 Å². The van der Waals surface area contributed by atoms with Gasteiger partial charge in [0, 0.05) is 17.3 Å². The van der Waals surface area contributed by atoms with Crippen LogP contribution in [-0.2, 0) is 0 Å². The number of likely N-dealkylation sites (tertiary alicyclic amines) is 1. The Morgan fingerprint density at radius 1 is 1.26 bits per heavy atom. The third-order valence-corrected chi connectivity index (χ3v) is 5.00. The molecule has 4 nitrogen and oxygen atoms in total. The van der Waals surface area contributed by atoms with Crippen LogP contribution in [0.1, 0.15) is 31.2 Å². The average molecular weight is 313 g/mol. The number of piperidine rings is 1. The van der Waals surface area contributed by atoms with Crippen molar-refractivity contribution in [2.75, 3.05) is 25.5 Å². The zero-order valence-corrected chi connectivity index (χ0v) is 14.6. The highest BCUT2D eigenvalue weighted by Crippen LogP contribution is 2.26. The number of benzene rings is 1. The zero-order valence-electron chi connectivity index (χ0n) is 14.6. The second kappa shape index (κ2) is 6.75. The summed E-state index contributed by atoms with van der Waals surface area (Å²) in [7, 11) is 2.21. The van der Waals surface area contributed by atoms with Crippen molar-refractivity contribution in [1.82, 2.24) is 9.88 Å². The molecule has 0 amide bonds. The monoisotopic (exact) mass is 313 g/mol. The van der Waals surface area contributed by atoms with Crippen molar-refractivity contribution in [1.29, 1.82) is 0 Å². The van der Waals surface area contributed by atoms with Crippen LogP contribution in [0.3, 0.4) is 0 Å². The fourth-order valence-corrected chi connectivity index (χ4v) is 3.25. The van der Waals surface area contributed by atoms with Crippen LogP contribution >= 0.6 is 0 Å². The van der Waals surface area contributed by atoms with Gasteiger partial charge in [-0.25, -0.2) is 4.98 Å². The maximum absolute atomic E-state index is 5.74. The normalized spacial score (nSPS) is 18.1. The number of oxazole rings is 1. The summed E-state index contributed by atoms with van der Waals surface area (Å²) in [5, 5.41) is 3.67. The van der Waals surface area contributed by atoms with E-state index in [-0.39, 0.29) is 0 Å². The highest BCUT2D eigenvalue weighted by atomic mass is 16.4. The molecule has 0 unspecified atom stereocenters. The van der Waals surface area contributed by atoms with Crippen molar-refractivity contribution in [3.63, 3.8) is 0 Å². The Bertz CT molecular complexity index is 637. The molecule has 1 N–H and O–H groups in total. The number of aryl methyl sites for hydroxylation is 2. The van der Waals surface area contributed by atoms with Crippen LogP contribution in [0.2, 0.25) is 0 Å². The number of anilines is 1. The molecule has 2 aromatic rings. The van der Waals surface area contributed by atoms with Gasteiger partial charge < -0.3 is 14.6 Å². The van der Waals surface area contributed by atoms with Gasteiger partial charge >= 0.3 is 0 Å². The molecule has 0 spiro atoms. The summed E-state index contributed by atoms with van der Waals surface area (Å²) in [6, 6.07) is 8.85. The Kier molecular flexibility index (Phi) is 4.71.